The van der Waals surface area contributed by atoms with Crippen LogP contribution in [0.3, 0.4) is 0 Å². The van der Waals surface area contributed by atoms with Gasteiger partial charge in [-0.05, 0) is 12.8 Å². The summed E-state index contributed by atoms with van der Waals surface area (Å²) >= 11 is 0. The zero-order valence-electron chi connectivity index (χ0n) is 15.0. The highest BCUT2D eigenvalue weighted by molar-refractivity contribution is 5.92. The molecule has 0 aromatic rings. The maximum atomic E-state index is 13.1. The normalized spacial score (nSPS) is 44.6. The molecule has 4 heterocycles. The van der Waals surface area contributed by atoms with Gasteiger partial charge in [-0.15, -0.1) is 0 Å². The van der Waals surface area contributed by atoms with Gasteiger partial charge in [0, 0.05) is 0 Å². The Hall–Kier alpha value is -0.610. The molecule has 4 rings (SSSR count). The lowest BCUT2D eigenvalue weighted by Gasteiger charge is -2.61. The van der Waals surface area contributed by atoms with E-state index in [4.69, 9.17) is 5.11 Å². The zero-order valence-corrected chi connectivity index (χ0v) is 15.0. The number of quaternary nitrogens is 2. The number of carbonyl (C=O) groups is 1. The summed E-state index contributed by atoms with van der Waals surface area (Å²) in [5, 5.41) is 49.5. The highest BCUT2D eigenvalue weighted by atomic mass is 16.4. The number of rotatable bonds is 7. The summed E-state index contributed by atoms with van der Waals surface area (Å²) in [5.41, 5.74) is -0.719. The number of hydrogen-bond acceptors (Lipinski definition) is 6. The molecule has 8 heteroatoms. The van der Waals surface area contributed by atoms with E-state index in [2.05, 4.69) is 0 Å². The molecule has 0 aromatic carbocycles. The summed E-state index contributed by atoms with van der Waals surface area (Å²) in [6.45, 7) is 5.95. The second-order valence-electron chi connectivity index (χ2n) is 8.32. The van der Waals surface area contributed by atoms with E-state index < -0.39 is 31.0 Å². The van der Waals surface area contributed by atoms with Crippen LogP contribution < -0.4 is 9.80 Å². The van der Waals surface area contributed by atoms with Gasteiger partial charge in [-0.3, -0.25) is 14.6 Å². The molecule has 4 fully saturated rings. The predicted molar refractivity (Wildman–Crippen MR) is 86.7 cm³/mol. The molecule has 4 aliphatic heterocycles. The third-order valence-electron chi connectivity index (χ3n) is 7.08. The van der Waals surface area contributed by atoms with Crippen molar-refractivity contribution < 1.29 is 40.1 Å². The standard InChI is InChI=1S/C17H30N2O6/c1-3-16-6-18-8-17(4-2,15(16)25)9-19(7-16)14(18)13(24)12(23)11(22)10(21)5-20/h10-14,20-24H,3-9H2,1-2H3/p+2/t10-,11-,12+,13+,14?,16?,17?/m1/s1. The minimum atomic E-state index is -1.61. The number of piperidine rings is 2. The van der Waals surface area contributed by atoms with Gasteiger partial charge in [0.1, 0.15) is 55.3 Å². The molecule has 8 nitrogen and oxygen atoms in total. The van der Waals surface area contributed by atoms with Crippen molar-refractivity contribution in [3.8, 4) is 0 Å². The monoisotopic (exact) mass is 360 g/mol. The number of carbonyl (C=O) groups excluding carboxylic acids is 1. The average Bonchev–Trinajstić information content (AvgIpc) is 2.62. The molecule has 4 aliphatic rings. The summed E-state index contributed by atoms with van der Waals surface area (Å²) < 4.78 is 0. The number of aliphatic hydroxyl groups excluding tert-OH is 5. The Morgan fingerprint density at radius 1 is 0.960 bits per heavy atom. The van der Waals surface area contributed by atoms with E-state index >= 15 is 0 Å². The van der Waals surface area contributed by atoms with E-state index in [1.165, 1.54) is 0 Å². The first-order valence-corrected chi connectivity index (χ1v) is 9.32. The fraction of sp³-hybridized carbons (Fsp3) is 0.941. The van der Waals surface area contributed by atoms with E-state index in [1.54, 1.807) is 0 Å². The third-order valence-corrected chi connectivity index (χ3v) is 7.08. The molecule has 7 N–H and O–H groups in total. The zero-order chi connectivity index (χ0) is 18.6. The molecule has 0 spiro atoms. The fourth-order valence-corrected chi connectivity index (χ4v) is 5.64. The van der Waals surface area contributed by atoms with Crippen LogP contribution in [0.1, 0.15) is 26.7 Å². The minimum Gasteiger partial charge on any atom is -0.394 e. The van der Waals surface area contributed by atoms with Crippen LogP contribution in [0.25, 0.3) is 0 Å². The molecular formula is C17H32N2O6+2. The van der Waals surface area contributed by atoms with E-state index in [0.29, 0.717) is 32.0 Å². The molecule has 144 valence electrons. The molecule has 4 bridgehead atoms. The van der Waals surface area contributed by atoms with Crippen LogP contribution in [0.2, 0.25) is 0 Å². The Morgan fingerprint density at radius 3 is 1.76 bits per heavy atom. The minimum absolute atomic E-state index is 0.344. The van der Waals surface area contributed by atoms with Crippen molar-refractivity contribution in [1.29, 1.82) is 0 Å². The molecule has 0 saturated carbocycles. The summed E-state index contributed by atoms with van der Waals surface area (Å²) in [5.74, 6) is 0.363. The lowest BCUT2D eigenvalue weighted by molar-refractivity contribution is -1.17. The number of ketones is 1. The maximum Gasteiger partial charge on any atom is 0.242 e. The van der Waals surface area contributed by atoms with Crippen LogP contribution in [0.4, 0.5) is 0 Å². The van der Waals surface area contributed by atoms with Gasteiger partial charge in [0.2, 0.25) is 6.17 Å². The molecule has 0 aliphatic carbocycles. The molecular weight excluding hydrogens is 328 g/mol. The van der Waals surface area contributed by atoms with Gasteiger partial charge < -0.3 is 25.5 Å². The molecule has 4 saturated heterocycles. The molecule has 0 amide bonds. The van der Waals surface area contributed by atoms with E-state index in [-0.39, 0.29) is 17.0 Å². The summed E-state index contributed by atoms with van der Waals surface area (Å²) in [6, 6.07) is 0. The largest absolute Gasteiger partial charge is 0.394 e. The number of hydrogen-bond donors (Lipinski definition) is 7. The van der Waals surface area contributed by atoms with Crippen LogP contribution in [0.5, 0.6) is 0 Å². The Kier molecular flexibility index (Phi) is 5.00. The highest BCUT2D eigenvalue weighted by Gasteiger charge is 2.71. The first kappa shape index (κ1) is 19.2. The van der Waals surface area contributed by atoms with Gasteiger partial charge in [0.25, 0.3) is 0 Å². The summed E-state index contributed by atoms with van der Waals surface area (Å²) in [7, 11) is 0. The number of aliphatic hydroxyl groups is 5. The van der Waals surface area contributed by atoms with Crippen molar-refractivity contribution in [2.24, 2.45) is 10.8 Å². The van der Waals surface area contributed by atoms with Gasteiger partial charge in [-0.25, -0.2) is 0 Å². The third kappa shape index (κ3) is 2.66. The summed E-state index contributed by atoms with van der Waals surface area (Å²) in [4.78, 5) is 15.3. The van der Waals surface area contributed by atoms with Crippen LogP contribution in [-0.4, -0.2) is 94.7 Å². The van der Waals surface area contributed by atoms with Gasteiger partial charge in [0.15, 0.2) is 11.9 Å². The Morgan fingerprint density at radius 2 is 1.40 bits per heavy atom. The first-order chi connectivity index (χ1) is 11.7. The van der Waals surface area contributed by atoms with Crippen molar-refractivity contribution >= 4 is 5.78 Å². The topological polar surface area (TPSA) is 127 Å². The van der Waals surface area contributed by atoms with Gasteiger partial charge in [-0.2, -0.15) is 0 Å². The molecule has 25 heavy (non-hydrogen) atoms. The van der Waals surface area contributed by atoms with Gasteiger partial charge in [0.05, 0.1) is 6.61 Å². The summed E-state index contributed by atoms with van der Waals surface area (Å²) in [6.07, 6.45) is -4.68. The Balaban J connectivity index is 1.84. The maximum absolute atomic E-state index is 13.1. The van der Waals surface area contributed by atoms with Crippen LogP contribution in [0.15, 0.2) is 0 Å². The molecule has 0 unspecified atom stereocenters. The smallest absolute Gasteiger partial charge is 0.242 e. The highest BCUT2D eigenvalue weighted by Crippen LogP contribution is 2.39. The van der Waals surface area contributed by atoms with Crippen molar-refractivity contribution in [1.82, 2.24) is 0 Å². The molecule has 0 radical (unpaired) electrons. The Bertz CT molecular complexity index is 487. The van der Waals surface area contributed by atoms with Gasteiger partial charge in [-0.1, -0.05) is 13.8 Å². The van der Waals surface area contributed by atoms with Crippen molar-refractivity contribution in [3.63, 3.8) is 0 Å². The molecule has 4 atom stereocenters. The lowest BCUT2D eigenvalue weighted by Crippen LogP contribution is -3.46. The first-order valence-electron chi connectivity index (χ1n) is 9.32. The van der Waals surface area contributed by atoms with E-state index in [0.717, 1.165) is 22.6 Å². The fourth-order valence-electron chi connectivity index (χ4n) is 5.64. The van der Waals surface area contributed by atoms with Crippen LogP contribution >= 0.6 is 0 Å². The van der Waals surface area contributed by atoms with Gasteiger partial charge >= 0.3 is 0 Å². The number of nitrogens with one attached hydrogen (secondary N) is 2. The van der Waals surface area contributed by atoms with E-state index in [1.807, 2.05) is 13.8 Å². The molecule has 0 aromatic heterocycles. The Labute approximate surface area is 147 Å². The van der Waals surface area contributed by atoms with Crippen molar-refractivity contribution in [2.75, 3.05) is 32.8 Å². The lowest BCUT2D eigenvalue weighted by atomic mass is 9.58. The average molecular weight is 360 g/mol. The SMILES string of the molecule is CCC12C[NH+]3CC(CC)(C[NH+](C1)C3[C@@H](O)[C@@H](O)[C@H](O)[C@H](O)CO)C2=O. The number of Topliss-reactive ketones (excluding diaryl/α,β-unsaturated/α-hetero) is 1. The second kappa shape index (κ2) is 6.53. The predicted octanol–water partition coefficient (Wildman–Crippen LogP) is -5.08. The van der Waals surface area contributed by atoms with Crippen molar-refractivity contribution in [3.05, 3.63) is 0 Å². The van der Waals surface area contributed by atoms with Crippen molar-refractivity contribution in [2.45, 2.75) is 57.3 Å². The quantitative estimate of drug-likeness (QED) is 0.244. The van der Waals surface area contributed by atoms with E-state index in [9.17, 15) is 25.2 Å². The van der Waals surface area contributed by atoms with Crippen LogP contribution in [-0.2, 0) is 4.79 Å². The second-order valence-corrected chi connectivity index (χ2v) is 8.32. The van der Waals surface area contributed by atoms with Crippen LogP contribution in [0, 0.1) is 10.8 Å².